The van der Waals surface area contributed by atoms with Gasteiger partial charge in [0.05, 0.1) is 6.20 Å². The number of hydrogen-bond acceptors (Lipinski definition) is 2. The first-order valence-electron chi connectivity index (χ1n) is 5.92. The molecule has 0 radical (unpaired) electrons. The largest absolute Gasteiger partial charge is 0.310 e. The fourth-order valence-corrected chi connectivity index (χ4v) is 2.10. The van der Waals surface area contributed by atoms with Gasteiger partial charge in [0, 0.05) is 24.8 Å². The molecule has 1 fully saturated rings. The number of nitrogens with one attached hydrogen (secondary N) is 1. The molecule has 84 valence electrons. The molecule has 1 aromatic rings. The lowest BCUT2D eigenvalue weighted by Crippen LogP contribution is -2.23. The Balaban J connectivity index is 1.86. The van der Waals surface area contributed by atoms with Crippen LogP contribution >= 0.6 is 0 Å². The van der Waals surface area contributed by atoms with Crippen LogP contribution < -0.4 is 5.32 Å². The van der Waals surface area contributed by atoms with Crippen LogP contribution in [0.5, 0.6) is 0 Å². The number of aromatic nitrogens is 2. The maximum atomic E-state index is 4.22. The summed E-state index contributed by atoms with van der Waals surface area (Å²) in [6, 6.07) is 0.478. The van der Waals surface area contributed by atoms with Crippen molar-refractivity contribution in [3.8, 4) is 0 Å². The van der Waals surface area contributed by atoms with Crippen LogP contribution in [0.2, 0.25) is 0 Å². The molecule has 3 nitrogen and oxygen atoms in total. The van der Waals surface area contributed by atoms with Crippen molar-refractivity contribution in [2.75, 3.05) is 6.54 Å². The van der Waals surface area contributed by atoms with Crippen LogP contribution in [0, 0.1) is 11.8 Å². The molecule has 1 N–H and O–H groups in total. The molecule has 3 heteroatoms. The zero-order valence-electron chi connectivity index (χ0n) is 9.90. The van der Waals surface area contributed by atoms with E-state index in [9.17, 15) is 0 Å². The lowest BCUT2D eigenvalue weighted by Gasteiger charge is -2.14. The number of hydrogen-bond donors (Lipinski definition) is 1. The topological polar surface area (TPSA) is 29.9 Å². The van der Waals surface area contributed by atoms with E-state index in [4.69, 9.17) is 0 Å². The fourth-order valence-electron chi connectivity index (χ4n) is 2.10. The number of rotatable bonds is 5. The molecule has 0 saturated heterocycles. The second-order valence-electron chi connectivity index (χ2n) is 4.79. The summed E-state index contributed by atoms with van der Waals surface area (Å²) in [5.74, 6) is 1.85. The Morgan fingerprint density at radius 3 is 2.87 bits per heavy atom. The first-order valence-corrected chi connectivity index (χ1v) is 5.92. The Morgan fingerprint density at radius 2 is 2.40 bits per heavy atom. The summed E-state index contributed by atoms with van der Waals surface area (Å²) >= 11 is 0. The van der Waals surface area contributed by atoms with Gasteiger partial charge in [-0.3, -0.25) is 4.68 Å². The predicted molar refractivity (Wildman–Crippen MR) is 61.5 cm³/mol. The van der Waals surface area contributed by atoms with Gasteiger partial charge in [0.15, 0.2) is 0 Å². The minimum absolute atomic E-state index is 0.478. The van der Waals surface area contributed by atoms with E-state index in [1.54, 1.807) is 0 Å². The van der Waals surface area contributed by atoms with E-state index in [0.29, 0.717) is 6.04 Å². The molecule has 3 atom stereocenters. The summed E-state index contributed by atoms with van der Waals surface area (Å²) in [6.45, 7) is 5.72. The van der Waals surface area contributed by atoms with E-state index in [2.05, 4.69) is 30.5 Å². The molecule has 0 aliphatic heterocycles. The highest BCUT2D eigenvalue weighted by atomic mass is 15.2. The Hall–Kier alpha value is -0.830. The monoisotopic (exact) mass is 207 g/mol. The van der Waals surface area contributed by atoms with Crippen LogP contribution in [0.25, 0.3) is 0 Å². The van der Waals surface area contributed by atoms with Gasteiger partial charge in [-0.05, 0) is 31.2 Å². The van der Waals surface area contributed by atoms with Crippen molar-refractivity contribution in [3.63, 3.8) is 0 Å². The van der Waals surface area contributed by atoms with Gasteiger partial charge in [0.2, 0.25) is 0 Å². The van der Waals surface area contributed by atoms with Gasteiger partial charge in [-0.25, -0.2) is 0 Å². The Labute approximate surface area is 91.9 Å². The van der Waals surface area contributed by atoms with Crippen molar-refractivity contribution in [3.05, 3.63) is 18.0 Å². The van der Waals surface area contributed by atoms with Crippen LogP contribution in [0.15, 0.2) is 12.4 Å². The molecule has 15 heavy (non-hydrogen) atoms. The van der Waals surface area contributed by atoms with Crippen molar-refractivity contribution >= 4 is 0 Å². The molecule has 0 aromatic carbocycles. The quantitative estimate of drug-likeness (QED) is 0.801. The summed E-state index contributed by atoms with van der Waals surface area (Å²) < 4.78 is 1.87. The summed E-state index contributed by atoms with van der Waals surface area (Å²) in [6.07, 6.45) is 6.61. The second-order valence-corrected chi connectivity index (χ2v) is 4.79. The van der Waals surface area contributed by atoms with Crippen molar-refractivity contribution in [2.45, 2.75) is 32.7 Å². The lowest BCUT2D eigenvalue weighted by atomic mass is 10.1. The lowest BCUT2D eigenvalue weighted by molar-refractivity contribution is 0.493. The van der Waals surface area contributed by atoms with Gasteiger partial charge in [-0.1, -0.05) is 13.8 Å². The molecule has 1 aliphatic rings. The maximum Gasteiger partial charge on any atom is 0.0537 e. The zero-order valence-corrected chi connectivity index (χ0v) is 9.90. The van der Waals surface area contributed by atoms with Crippen molar-refractivity contribution in [1.82, 2.24) is 15.1 Å². The van der Waals surface area contributed by atoms with E-state index in [-0.39, 0.29) is 0 Å². The van der Waals surface area contributed by atoms with E-state index >= 15 is 0 Å². The predicted octanol–water partition coefficient (Wildman–Crippen LogP) is 2.12. The van der Waals surface area contributed by atoms with E-state index in [0.717, 1.165) is 24.8 Å². The molecule has 3 unspecified atom stereocenters. The first-order chi connectivity index (χ1) is 7.20. The molecule has 1 saturated carbocycles. The van der Waals surface area contributed by atoms with E-state index in [1.165, 1.54) is 12.0 Å². The third kappa shape index (κ3) is 2.59. The highest BCUT2D eigenvalue weighted by Crippen LogP contribution is 2.37. The van der Waals surface area contributed by atoms with Crippen LogP contribution in [0.4, 0.5) is 0 Å². The van der Waals surface area contributed by atoms with Crippen molar-refractivity contribution < 1.29 is 0 Å². The molecular formula is C12H21N3. The highest BCUT2D eigenvalue weighted by molar-refractivity contribution is 5.10. The zero-order chi connectivity index (χ0) is 10.8. The van der Waals surface area contributed by atoms with Gasteiger partial charge >= 0.3 is 0 Å². The molecule has 0 spiro atoms. The Morgan fingerprint density at radius 1 is 1.67 bits per heavy atom. The van der Waals surface area contributed by atoms with Crippen molar-refractivity contribution in [2.24, 2.45) is 18.9 Å². The molecular weight excluding hydrogens is 186 g/mol. The summed E-state index contributed by atoms with van der Waals surface area (Å²) in [5, 5.41) is 7.86. The van der Waals surface area contributed by atoms with Gasteiger partial charge < -0.3 is 5.32 Å². The van der Waals surface area contributed by atoms with Gasteiger partial charge in [0.1, 0.15) is 0 Å². The average molecular weight is 207 g/mol. The van der Waals surface area contributed by atoms with Crippen LogP contribution in [-0.4, -0.2) is 16.3 Å². The molecule has 2 rings (SSSR count). The molecule has 1 aliphatic carbocycles. The Bertz CT molecular complexity index is 318. The minimum atomic E-state index is 0.478. The Kier molecular flexibility index (Phi) is 3.10. The molecule has 0 amide bonds. The summed E-state index contributed by atoms with van der Waals surface area (Å²) in [7, 11) is 1.97. The third-order valence-electron chi connectivity index (χ3n) is 3.44. The number of aryl methyl sites for hydroxylation is 1. The smallest absolute Gasteiger partial charge is 0.0537 e. The molecule has 1 aromatic heterocycles. The SMILES string of the molecule is CCC(NCC1CC1C)c1cnn(C)c1. The third-order valence-corrected chi connectivity index (χ3v) is 3.44. The average Bonchev–Trinajstić information content (AvgIpc) is 2.73. The van der Waals surface area contributed by atoms with Gasteiger partial charge in [0.25, 0.3) is 0 Å². The summed E-state index contributed by atoms with van der Waals surface area (Å²) in [4.78, 5) is 0. The van der Waals surface area contributed by atoms with Crippen molar-refractivity contribution in [1.29, 1.82) is 0 Å². The van der Waals surface area contributed by atoms with Crippen LogP contribution in [0.1, 0.15) is 38.3 Å². The van der Waals surface area contributed by atoms with E-state index < -0.39 is 0 Å². The molecule has 1 heterocycles. The van der Waals surface area contributed by atoms with Crippen LogP contribution in [-0.2, 0) is 7.05 Å². The molecule has 0 bridgehead atoms. The summed E-state index contributed by atoms with van der Waals surface area (Å²) in [5.41, 5.74) is 1.31. The minimum Gasteiger partial charge on any atom is -0.310 e. The highest BCUT2D eigenvalue weighted by Gasteiger charge is 2.32. The van der Waals surface area contributed by atoms with E-state index in [1.807, 2.05) is 17.9 Å². The van der Waals surface area contributed by atoms with Gasteiger partial charge in [-0.2, -0.15) is 5.10 Å². The first kappa shape index (κ1) is 10.7. The number of nitrogens with zero attached hydrogens (tertiary/aromatic N) is 2. The van der Waals surface area contributed by atoms with Crippen LogP contribution in [0.3, 0.4) is 0 Å². The maximum absolute atomic E-state index is 4.22. The normalized spacial score (nSPS) is 26.6. The fraction of sp³-hybridized carbons (Fsp3) is 0.750. The standard InChI is InChI=1S/C12H21N3/c1-4-12(11-7-14-15(3)8-11)13-6-10-5-9(10)2/h7-10,12-13H,4-6H2,1-3H3. The second kappa shape index (κ2) is 4.35. The van der Waals surface area contributed by atoms with Gasteiger partial charge in [-0.15, -0.1) is 0 Å².